The zero-order chi connectivity index (χ0) is 36.4. The van der Waals surface area contributed by atoms with E-state index in [0.717, 1.165) is 52.5 Å². The van der Waals surface area contributed by atoms with Crippen molar-refractivity contribution in [1.29, 1.82) is 0 Å². The maximum absolute atomic E-state index is 2.30. The average Bonchev–Trinajstić information content (AvgIpc) is 3.25. The van der Waals surface area contributed by atoms with Gasteiger partial charge in [0.25, 0.3) is 0 Å². The molecule has 2 nitrogen and oxygen atoms in total. The minimum atomic E-state index is 0.998. The standard InChI is InChI=1S/C52H42N2/c1-5-13-47(14-6-1)53(48-15-7-2-8-16-48)51-37-29-43(30-38-51)23-21-41-25-33-45(34-26-41)46-35-27-42(28-36-46)22-24-44-31-39-52(40-32-44)54(49-17-9-3-10-18-49)50-19-11-4-12-20-50/h1-21,23,25-40H,22,24H2/b23-21+. The van der Waals surface area contributed by atoms with Gasteiger partial charge < -0.3 is 9.80 Å². The first-order valence-corrected chi connectivity index (χ1v) is 18.6. The number of para-hydroxylation sites is 4. The molecule has 0 unspecified atom stereocenters. The second-order valence-corrected chi connectivity index (χ2v) is 13.4. The van der Waals surface area contributed by atoms with E-state index in [1.165, 1.54) is 27.8 Å². The van der Waals surface area contributed by atoms with E-state index in [4.69, 9.17) is 0 Å². The third-order valence-electron chi connectivity index (χ3n) is 9.77. The Bertz CT molecular complexity index is 2290. The molecule has 0 saturated carbocycles. The van der Waals surface area contributed by atoms with E-state index in [1.54, 1.807) is 0 Å². The summed E-state index contributed by atoms with van der Waals surface area (Å²) in [5, 5.41) is 0. The molecule has 2 heteroatoms. The summed E-state index contributed by atoms with van der Waals surface area (Å²) in [7, 11) is 0. The number of hydrogen-bond acceptors (Lipinski definition) is 2. The van der Waals surface area contributed by atoms with Crippen molar-refractivity contribution in [3.05, 3.63) is 241 Å². The molecular weight excluding hydrogens is 653 g/mol. The van der Waals surface area contributed by atoms with Gasteiger partial charge in [0.15, 0.2) is 0 Å². The molecular formula is C52H42N2. The highest BCUT2D eigenvalue weighted by molar-refractivity contribution is 5.79. The van der Waals surface area contributed by atoms with Crippen LogP contribution in [0.1, 0.15) is 22.3 Å². The average molecular weight is 695 g/mol. The van der Waals surface area contributed by atoms with E-state index in [0.29, 0.717) is 0 Å². The molecule has 0 spiro atoms. The number of aryl methyl sites for hydroxylation is 2. The lowest BCUT2D eigenvalue weighted by atomic mass is 9.99. The van der Waals surface area contributed by atoms with Crippen molar-refractivity contribution >= 4 is 46.3 Å². The Morgan fingerprint density at radius 2 is 0.519 bits per heavy atom. The lowest BCUT2D eigenvalue weighted by molar-refractivity contribution is 0.960. The Labute approximate surface area is 319 Å². The molecule has 54 heavy (non-hydrogen) atoms. The molecule has 0 aromatic heterocycles. The zero-order valence-corrected chi connectivity index (χ0v) is 30.2. The monoisotopic (exact) mass is 694 g/mol. The van der Waals surface area contributed by atoms with Crippen molar-refractivity contribution in [2.45, 2.75) is 12.8 Å². The fourth-order valence-corrected chi connectivity index (χ4v) is 6.88. The maximum atomic E-state index is 2.30. The molecule has 0 atom stereocenters. The Hall–Kier alpha value is -6.90. The Kier molecular flexibility index (Phi) is 10.5. The summed E-state index contributed by atoms with van der Waals surface area (Å²) in [4.78, 5) is 4.58. The normalized spacial score (nSPS) is 11.0. The van der Waals surface area contributed by atoms with Gasteiger partial charge >= 0.3 is 0 Å². The van der Waals surface area contributed by atoms with Gasteiger partial charge in [-0.3, -0.25) is 0 Å². The van der Waals surface area contributed by atoms with Crippen LogP contribution in [-0.2, 0) is 12.8 Å². The van der Waals surface area contributed by atoms with Crippen LogP contribution in [0.5, 0.6) is 0 Å². The number of benzene rings is 8. The topological polar surface area (TPSA) is 6.48 Å². The first-order chi connectivity index (χ1) is 26.8. The summed E-state index contributed by atoms with van der Waals surface area (Å²) < 4.78 is 0. The maximum Gasteiger partial charge on any atom is 0.0462 e. The van der Waals surface area contributed by atoms with Crippen molar-refractivity contribution in [2.75, 3.05) is 9.80 Å². The molecule has 0 N–H and O–H groups in total. The molecule has 0 saturated heterocycles. The Morgan fingerprint density at radius 3 is 0.870 bits per heavy atom. The Balaban J connectivity index is 0.880. The fraction of sp³-hybridized carbons (Fsp3) is 0.0385. The molecule has 0 aliphatic rings. The summed E-state index contributed by atoms with van der Waals surface area (Å²) in [6, 6.07) is 77.7. The van der Waals surface area contributed by atoms with Crippen LogP contribution in [0, 0.1) is 0 Å². The SMILES string of the molecule is C(=C\c1ccc(N(c2ccccc2)c2ccccc2)cc1)/c1ccc(-c2ccc(CCc3ccc(N(c4ccccc4)c4ccccc4)cc3)cc2)cc1. The predicted molar refractivity (Wildman–Crippen MR) is 230 cm³/mol. The van der Waals surface area contributed by atoms with Crippen molar-refractivity contribution < 1.29 is 0 Å². The summed E-state index contributed by atoms with van der Waals surface area (Å²) in [6.45, 7) is 0. The van der Waals surface area contributed by atoms with Gasteiger partial charge in [0.05, 0.1) is 0 Å². The number of hydrogen-bond donors (Lipinski definition) is 0. The van der Waals surface area contributed by atoms with Gasteiger partial charge in [-0.25, -0.2) is 0 Å². The van der Waals surface area contributed by atoms with Gasteiger partial charge in [0.2, 0.25) is 0 Å². The van der Waals surface area contributed by atoms with Crippen molar-refractivity contribution in [3.63, 3.8) is 0 Å². The second-order valence-electron chi connectivity index (χ2n) is 13.4. The quantitative estimate of drug-likeness (QED) is 0.117. The highest BCUT2D eigenvalue weighted by atomic mass is 15.1. The molecule has 260 valence electrons. The molecule has 8 rings (SSSR count). The highest BCUT2D eigenvalue weighted by Gasteiger charge is 2.13. The van der Waals surface area contributed by atoms with Crippen molar-refractivity contribution in [1.82, 2.24) is 0 Å². The first kappa shape index (κ1) is 34.2. The van der Waals surface area contributed by atoms with Crippen LogP contribution >= 0.6 is 0 Å². The molecule has 0 heterocycles. The number of anilines is 6. The van der Waals surface area contributed by atoms with Gasteiger partial charge in [-0.15, -0.1) is 0 Å². The van der Waals surface area contributed by atoms with E-state index in [9.17, 15) is 0 Å². The van der Waals surface area contributed by atoms with Crippen LogP contribution in [0.4, 0.5) is 34.1 Å². The van der Waals surface area contributed by atoms with E-state index >= 15 is 0 Å². The molecule has 0 amide bonds. The van der Waals surface area contributed by atoms with E-state index in [2.05, 4.69) is 240 Å². The molecule has 8 aromatic rings. The summed E-state index contributed by atoms with van der Waals surface area (Å²) in [5.41, 5.74) is 14.3. The van der Waals surface area contributed by atoms with Crippen LogP contribution in [-0.4, -0.2) is 0 Å². The van der Waals surface area contributed by atoms with Crippen LogP contribution in [0.3, 0.4) is 0 Å². The first-order valence-electron chi connectivity index (χ1n) is 18.6. The third kappa shape index (κ3) is 8.25. The number of rotatable bonds is 12. The van der Waals surface area contributed by atoms with Crippen molar-refractivity contribution in [2.24, 2.45) is 0 Å². The second kappa shape index (κ2) is 16.6. The van der Waals surface area contributed by atoms with Crippen LogP contribution in [0.2, 0.25) is 0 Å². The lowest BCUT2D eigenvalue weighted by Crippen LogP contribution is -2.09. The minimum Gasteiger partial charge on any atom is -0.311 e. The molecule has 8 aromatic carbocycles. The van der Waals surface area contributed by atoms with E-state index in [1.807, 2.05) is 0 Å². The van der Waals surface area contributed by atoms with Gasteiger partial charge in [0.1, 0.15) is 0 Å². The largest absolute Gasteiger partial charge is 0.311 e. The summed E-state index contributed by atoms with van der Waals surface area (Å²) >= 11 is 0. The zero-order valence-electron chi connectivity index (χ0n) is 30.2. The molecule has 0 radical (unpaired) electrons. The molecule has 0 aliphatic heterocycles. The third-order valence-corrected chi connectivity index (χ3v) is 9.77. The van der Waals surface area contributed by atoms with Crippen LogP contribution in [0.25, 0.3) is 23.3 Å². The molecule has 0 fully saturated rings. The summed E-state index contributed by atoms with van der Waals surface area (Å²) in [6.07, 6.45) is 6.36. The van der Waals surface area contributed by atoms with Gasteiger partial charge in [-0.2, -0.15) is 0 Å². The molecule has 0 aliphatic carbocycles. The highest BCUT2D eigenvalue weighted by Crippen LogP contribution is 2.35. The van der Waals surface area contributed by atoms with Crippen molar-refractivity contribution in [3.8, 4) is 11.1 Å². The Morgan fingerprint density at radius 1 is 0.259 bits per heavy atom. The van der Waals surface area contributed by atoms with Crippen LogP contribution < -0.4 is 9.80 Å². The van der Waals surface area contributed by atoms with Gasteiger partial charge in [0, 0.05) is 34.1 Å². The number of nitrogens with zero attached hydrogens (tertiary/aromatic N) is 2. The smallest absolute Gasteiger partial charge is 0.0462 e. The summed E-state index contributed by atoms with van der Waals surface area (Å²) in [5.74, 6) is 0. The van der Waals surface area contributed by atoms with Crippen LogP contribution in [0.15, 0.2) is 218 Å². The predicted octanol–water partition coefficient (Wildman–Crippen LogP) is 14.2. The van der Waals surface area contributed by atoms with Gasteiger partial charge in [-0.1, -0.05) is 158 Å². The van der Waals surface area contributed by atoms with E-state index in [-0.39, 0.29) is 0 Å². The molecule has 0 bridgehead atoms. The van der Waals surface area contributed by atoms with E-state index < -0.39 is 0 Å². The fourth-order valence-electron chi connectivity index (χ4n) is 6.88. The lowest BCUT2D eigenvalue weighted by Gasteiger charge is -2.25. The minimum absolute atomic E-state index is 0.998. The van der Waals surface area contributed by atoms with Gasteiger partial charge in [-0.05, 0) is 119 Å².